The van der Waals surface area contributed by atoms with Gasteiger partial charge in [-0.25, -0.2) is 9.78 Å². The van der Waals surface area contributed by atoms with E-state index in [1.165, 1.54) is 18.2 Å². The summed E-state index contributed by atoms with van der Waals surface area (Å²) in [6, 6.07) is 5.02. The zero-order valence-electron chi connectivity index (χ0n) is 12.1. The molecule has 0 bridgehead atoms. The van der Waals surface area contributed by atoms with Crippen LogP contribution in [0, 0.1) is 6.92 Å². The van der Waals surface area contributed by atoms with Crippen LogP contribution < -0.4 is 0 Å². The minimum absolute atomic E-state index is 0.271. The van der Waals surface area contributed by atoms with Crippen LogP contribution in [-0.4, -0.2) is 17.6 Å². The number of carbonyl (C=O) groups excluding carboxylic acids is 1. The molecule has 0 N–H and O–H groups in total. The lowest BCUT2D eigenvalue weighted by Gasteiger charge is -2.09. The van der Waals surface area contributed by atoms with Crippen LogP contribution in [0.4, 0.5) is 13.2 Å². The summed E-state index contributed by atoms with van der Waals surface area (Å²) < 4.78 is 42.9. The number of rotatable bonds is 3. The van der Waals surface area contributed by atoms with Gasteiger partial charge in [0.05, 0.1) is 23.4 Å². The Hall–Kier alpha value is -2.37. The largest absolute Gasteiger partial charge is 0.463 e. The number of benzene rings is 1. The average Bonchev–Trinajstić information content (AvgIpc) is 2.44. The van der Waals surface area contributed by atoms with Crippen molar-refractivity contribution >= 4 is 22.9 Å². The summed E-state index contributed by atoms with van der Waals surface area (Å²) in [5.41, 5.74) is 0.869. The van der Waals surface area contributed by atoms with E-state index in [-0.39, 0.29) is 6.61 Å². The number of ether oxygens (including phenoxy) is 1. The van der Waals surface area contributed by atoms with Gasteiger partial charge in [0.1, 0.15) is 0 Å². The zero-order chi connectivity index (χ0) is 16.3. The van der Waals surface area contributed by atoms with E-state index in [0.717, 1.165) is 12.1 Å². The number of alkyl halides is 3. The number of fused-ring (bicyclic) bond motifs is 1. The molecule has 1 aromatic heterocycles. The molecule has 0 fully saturated rings. The second-order valence-electron chi connectivity index (χ2n) is 4.68. The summed E-state index contributed by atoms with van der Waals surface area (Å²) in [5.74, 6) is -0.491. The Morgan fingerprint density at radius 3 is 2.68 bits per heavy atom. The molecule has 0 unspecified atom stereocenters. The van der Waals surface area contributed by atoms with Crippen molar-refractivity contribution in [2.75, 3.05) is 6.61 Å². The van der Waals surface area contributed by atoms with Gasteiger partial charge in [-0.15, -0.1) is 0 Å². The van der Waals surface area contributed by atoms with Crippen molar-refractivity contribution in [2.45, 2.75) is 20.0 Å². The Bertz CT molecular complexity index is 736. The predicted octanol–water partition coefficient (Wildman–Crippen LogP) is 4.14. The molecule has 2 rings (SSSR count). The molecule has 0 saturated carbocycles. The zero-order valence-corrected chi connectivity index (χ0v) is 12.1. The van der Waals surface area contributed by atoms with Crippen LogP contribution in [-0.2, 0) is 15.7 Å². The summed E-state index contributed by atoms with van der Waals surface area (Å²) in [7, 11) is 0. The van der Waals surface area contributed by atoms with Crippen molar-refractivity contribution in [3.05, 3.63) is 47.2 Å². The van der Waals surface area contributed by atoms with E-state index in [9.17, 15) is 18.0 Å². The van der Waals surface area contributed by atoms with Gasteiger partial charge in [0.2, 0.25) is 0 Å². The Morgan fingerprint density at radius 2 is 2.05 bits per heavy atom. The Labute approximate surface area is 125 Å². The van der Waals surface area contributed by atoms with E-state index in [0.29, 0.717) is 22.2 Å². The highest BCUT2D eigenvalue weighted by atomic mass is 19.4. The number of esters is 1. The van der Waals surface area contributed by atoms with Crippen LogP contribution in [0.15, 0.2) is 30.3 Å². The predicted molar refractivity (Wildman–Crippen MR) is 77.1 cm³/mol. The number of aryl methyl sites for hydroxylation is 1. The lowest BCUT2D eigenvalue weighted by molar-refractivity contribution is -0.138. The second-order valence-corrected chi connectivity index (χ2v) is 4.68. The summed E-state index contributed by atoms with van der Waals surface area (Å²) >= 11 is 0. The summed E-state index contributed by atoms with van der Waals surface area (Å²) in [6.45, 7) is 3.67. The third-order valence-corrected chi connectivity index (χ3v) is 3.04. The maximum atomic E-state index is 12.7. The smallest absolute Gasteiger partial charge is 0.416 e. The number of hydrogen-bond acceptors (Lipinski definition) is 3. The van der Waals surface area contributed by atoms with Gasteiger partial charge in [-0.05, 0) is 49.8 Å². The average molecular weight is 309 g/mol. The van der Waals surface area contributed by atoms with Gasteiger partial charge in [0.25, 0.3) is 0 Å². The van der Waals surface area contributed by atoms with Crippen LogP contribution in [0.25, 0.3) is 17.0 Å². The van der Waals surface area contributed by atoms with Crippen LogP contribution in [0.5, 0.6) is 0 Å². The van der Waals surface area contributed by atoms with E-state index in [2.05, 4.69) is 4.98 Å². The van der Waals surface area contributed by atoms with Crippen molar-refractivity contribution in [2.24, 2.45) is 0 Å². The van der Waals surface area contributed by atoms with Gasteiger partial charge in [0.15, 0.2) is 0 Å². The Kier molecular flexibility index (Phi) is 4.49. The van der Waals surface area contributed by atoms with E-state index in [1.807, 2.05) is 0 Å². The quantitative estimate of drug-likeness (QED) is 0.632. The molecule has 0 amide bonds. The molecule has 1 heterocycles. The molecule has 0 aliphatic heterocycles. The van der Waals surface area contributed by atoms with Gasteiger partial charge >= 0.3 is 12.1 Å². The maximum absolute atomic E-state index is 12.7. The van der Waals surface area contributed by atoms with Gasteiger partial charge in [0, 0.05) is 11.5 Å². The van der Waals surface area contributed by atoms with Crippen molar-refractivity contribution < 1.29 is 22.7 Å². The van der Waals surface area contributed by atoms with Crippen molar-refractivity contribution in [1.82, 2.24) is 4.98 Å². The first-order chi connectivity index (χ1) is 10.3. The molecule has 2 aromatic rings. The van der Waals surface area contributed by atoms with Gasteiger partial charge < -0.3 is 4.74 Å². The lowest BCUT2D eigenvalue weighted by Crippen LogP contribution is -2.04. The van der Waals surface area contributed by atoms with Gasteiger partial charge in [-0.2, -0.15) is 13.2 Å². The minimum Gasteiger partial charge on any atom is -0.463 e. The highest BCUT2D eigenvalue weighted by Crippen LogP contribution is 2.32. The first-order valence-electron chi connectivity index (χ1n) is 6.64. The molecular weight excluding hydrogens is 295 g/mol. The first-order valence-corrected chi connectivity index (χ1v) is 6.64. The monoisotopic (exact) mass is 309 g/mol. The number of aromatic nitrogens is 1. The van der Waals surface area contributed by atoms with E-state index >= 15 is 0 Å². The van der Waals surface area contributed by atoms with Crippen molar-refractivity contribution in [3.8, 4) is 0 Å². The Morgan fingerprint density at radius 1 is 1.32 bits per heavy atom. The van der Waals surface area contributed by atoms with Crippen LogP contribution in [0.1, 0.15) is 23.7 Å². The normalized spacial score (nSPS) is 12.0. The molecule has 3 nitrogen and oxygen atoms in total. The lowest BCUT2D eigenvalue weighted by atomic mass is 10.1. The molecule has 6 heteroatoms. The molecule has 22 heavy (non-hydrogen) atoms. The number of pyridine rings is 1. The molecule has 0 aliphatic rings. The second kappa shape index (κ2) is 6.17. The highest BCUT2D eigenvalue weighted by Gasteiger charge is 2.30. The molecule has 0 saturated heterocycles. The summed E-state index contributed by atoms with van der Waals surface area (Å²) in [6.07, 6.45) is -1.67. The topological polar surface area (TPSA) is 39.2 Å². The van der Waals surface area contributed by atoms with Crippen LogP contribution >= 0.6 is 0 Å². The van der Waals surface area contributed by atoms with E-state index < -0.39 is 17.7 Å². The number of hydrogen-bond donors (Lipinski definition) is 0. The Balaban J connectivity index is 2.40. The molecule has 0 atom stereocenters. The van der Waals surface area contributed by atoms with E-state index in [1.54, 1.807) is 19.9 Å². The van der Waals surface area contributed by atoms with Gasteiger partial charge in [-0.1, -0.05) is 0 Å². The fourth-order valence-electron chi connectivity index (χ4n) is 2.03. The molecule has 0 spiro atoms. The molecule has 116 valence electrons. The fraction of sp³-hybridized carbons (Fsp3) is 0.250. The molecule has 1 aromatic carbocycles. The summed E-state index contributed by atoms with van der Waals surface area (Å²) in [4.78, 5) is 15.5. The fourth-order valence-corrected chi connectivity index (χ4v) is 2.03. The number of nitrogens with zero attached hydrogens (tertiary/aromatic N) is 1. The SMILES string of the molecule is CCOC(=O)/C=C/c1cc(C)c2cc(C(F)(F)F)ccc2n1. The standard InChI is InChI=1S/C16H14F3NO2/c1-3-22-15(21)7-5-12-8-10(2)13-9-11(16(17,18)19)4-6-14(13)20-12/h4-9H,3H2,1-2H3/b7-5+. The molecule has 0 radical (unpaired) electrons. The number of halogens is 3. The third-order valence-electron chi connectivity index (χ3n) is 3.04. The molecule has 0 aliphatic carbocycles. The number of carbonyl (C=O) groups is 1. The van der Waals surface area contributed by atoms with Crippen molar-refractivity contribution in [3.63, 3.8) is 0 Å². The van der Waals surface area contributed by atoms with Gasteiger partial charge in [-0.3, -0.25) is 0 Å². The summed E-state index contributed by atoms with van der Waals surface area (Å²) in [5, 5.41) is 0.433. The molecular formula is C16H14F3NO2. The van der Waals surface area contributed by atoms with Crippen LogP contribution in [0.3, 0.4) is 0 Å². The highest BCUT2D eigenvalue weighted by molar-refractivity contribution is 5.88. The third kappa shape index (κ3) is 3.63. The van der Waals surface area contributed by atoms with Crippen LogP contribution in [0.2, 0.25) is 0 Å². The minimum atomic E-state index is -4.39. The van der Waals surface area contributed by atoms with Crippen molar-refractivity contribution in [1.29, 1.82) is 0 Å². The van der Waals surface area contributed by atoms with E-state index in [4.69, 9.17) is 4.74 Å². The maximum Gasteiger partial charge on any atom is 0.416 e. The first kappa shape index (κ1) is 16.0.